The molecule has 3 saturated carbocycles. The second-order valence-electron chi connectivity index (χ2n) is 21.0. The highest BCUT2D eigenvalue weighted by molar-refractivity contribution is 6.00. The monoisotopic (exact) mass is 740 g/mol. The quantitative estimate of drug-likeness (QED) is 0.217. The number of Topliss-reactive ketones (excluding diaryl/α,β-unsaturated/α-hetero) is 1. The number of hydrogen-bond donors (Lipinski definition) is 1. The largest absolute Gasteiger partial charge is 0.494 e. The minimum absolute atomic E-state index is 0.0828. The van der Waals surface area contributed by atoms with E-state index in [-0.39, 0.29) is 33.7 Å². The lowest BCUT2D eigenvalue weighted by molar-refractivity contribution is -0.182. The Morgan fingerprint density at radius 3 is 2.31 bits per heavy atom. The first-order valence-corrected chi connectivity index (χ1v) is 22.1. The number of aliphatic hydroxyl groups excluding tert-OH is 1. The molecule has 5 aliphatic carbocycles. The third-order valence-corrected chi connectivity index (χ3v) is 16.3. The summed E-state index contributed by atoms with van der Waals surface area (Å²) in [5.41, 5.74) is 5.20. The summed E-state index contributed by atoms with van der Waals surface area (Å²) in [4.78, 5) is 16.6. The van der Waals surface area contributed by atoms with E-state index >= 15 is 0 Å². The number of hydrogen-bond acceptors (Lipinski definition) is 4. The zero-order valence-corrected chi connectivity index (χ0v) is 36.2. The fraction of sp³-hybridized carbons (Fsp3) is 0.740. The maximum atomic E-state index is 14.3. The normalized spacial score (nSPS) is 37.2. The number of fused-ring (bicyclic) bond motifs is 4. The van der Waals surface area contributed by atoms with Crippen LogP contribution in [0.3, 0.4) is 0 Å². The number of allylic oxidation sites excluding steroid dienone is 4. The van der Waals surface area contributed by atoms with Crippen LogP contribution < -0.4 is 0 Å². The Bertz CT molecular complexity index is 1580. The Hall–Kier alpha value is -2.17. The molecule has 5 aliphatic rings. The molecule has 1 N–H and O–H groups in total. The molecule has 4 nitrogen and oxygen atoms in total. The molecule has 0 aliphatic heterocycles. The minimum Gasteiger partial charge on any atom is -0.494 e. The van der Waals surface area contributed by atoms with E-state index in [9.17, 15) is 9.90 Å². The molecule has 0 bridgehead atoms. The lowest BCUT2D eigenvalue weighted by Crippen LogP contribution is -2.59. The van der Waals surface area contributed by atoms with Gasteiger partial charge in [-0.05, 0) is 123 Å². The number of carbonyl (C=O) groups excluding carboxylic acids is 1. The van der Waals surface area contributed by atoms with Gasteiger partial charge < -0.3 is 9.84 Å². The number of rotatable bonds is 12. The molecule has 8 unspecified atom stereocenters. The number of ketones is 1. The van der Waals surface area contributed by atoms with Crippen molar-refractivity contribution in [3.8, 4) is 0 Å². The third kappa shape index (κ3) is 7.62. The maximum Gasteiger partial charge on any atom is 0.160 e. The van der Waals surface area contributed by atoms with Crippen LogP contribution in [0.15, 0.2) is 59.9 Å². The molecule has 300 valence electrons. The van der Waals surface area contributed by atoms with Gasteiger partial charge in [-0.25, -0.2) is 0 Å². The van der Waals surface area contributed by atoms with Gasteiger partial charge in [0.2, 0.25) is 0 Å². The van der Waals surface area contributed by atoms with Gasteiger partial charge >= 0.3 is 0 Å². The first kappa shape index (κ1) is 41.5. The number of ether oxygens (including phenoxy) is 1. The molecule has 0 saturated heterocycles. The fourth-order valence-corrected chi connectivity index (χ4v) is 13.4. The minimum atomic E-state index is -0.574. The van der Waals surface area contributed by atoms with E-state index in [1.54, 1.807) is 0 Å². The average molecular weight is 740 g/mol. The van der Waals surface area contributed by atoms with Crippen LogP contribution in [0.2, 0.25) is 0 Å². The molecule has 4 heteroatoms. The zero-order valence-electron chi connectivity index (χ0n) is 36.2. The summed E-state index contributed by atoms with van der Waals surface area (Å²) >= 11 is 0. The lowest BCUT2D eigenvalue weighted by atomic mass is 9.41. The molecule has 3 fully saturated rings. The molecule has 0 aromatic heterocycles. The standard InChI is InChI=1S/C50H77NO3/c1-12-14-16-37-21-22-41-48(9,27-23-40-46(6,7)43(24-28-49(40,41)10)54-38-29-47(8,13-2)30-38)25-15-26-50(31-39(52)44(34(3)4)45(37)50)42(53)33-51(11)32-36-19-17-35(5)18-20-36/h13,17-20,29,34,37,40-43,53H,2,12,14-16,21-28,30-33H2,1,3-11H3/t37?,40?,41?,42-,43?,47?,48?,49?,50?/m1/s1. The van der Waals surface area contributed by atoms with Crippen LogP contribution in [-0.4, -0.2) is 41.6 Å². The van der Waals surface area contributed by atoms with Crippen LogP contribution in [0.5, 0.6) is 0 Å². The van der Waals surface area contributed by atoms with E-state index in [4.69, 9.17) is 4.74 Å². The average Bonchev–Trinajstić information content (AvgIpc) is 3.39. The predicted molar refractivity (Wildman–Crippen MR) is 225 cm³/mol. The Kier molecular flexibility index (Phi) is 12.0. The van der Waals surface area contributed by atoms with E-state index < -0.39 is 11.5 Å². The van der Waals surface area contributed by atoms with Crippen molar-refractivity contribution < 1.29 is 14.6 Å². The first-order chi connectivity index (χ1) is 25.4. The van der Waals surface area contributed by atoms with Crippen LogP contribution in [0.1, 0.15) is 156 Å². The van der Waals surface area contributed by atoms with Crippen molar-refractivity contribution in [2.24, 2.45) is 50.7 Å². The van der Waals surface area contributed by atoms with E-state index in [2.05, 4.69) is 117 Å². The fourth-order valence-electron chi connectivity index (χ4n) is 13.4. The number of carbonyl (C=O) groups is 1. The number of likely N-dealkylation sites (N-methyl/N-ethyl adjacent to an activating group) is 1. The van der Waals surface area contributed by atoms with Gasteiger partial charge in [-0.2, -0.15) is 0 Å². The summed E-state index contributed by atoms with van der Waals surface area (Å²) < 4.78 is 6.88. The second kappa shape index (κ2) is 15.6. The summed E-state index contributed by atoms with van der Waals surface area (Å²) in [5.74, 6) is 3.25. The van der Waals surface area contributed by atoms with Gasteiger partial charge in [-0.3, -0.25) is 9.69 Å². The van der Waals surface area contributed by atoms with Gasteiger partial charge in [-0.15, -0.1) is 6.58 Å². The van der Waals surface area contributed by atoms with Crippen molar-refractivity contribution in [2.75, 3.05) is 13.6 Å². The van der Waals surface area contributed by atoms with Gasteiger partial charge in [0.15, 0.2) is 5.78 Å². The van der Waals surface area contributed by atoms with Crippen LogP contribution in [0.25, 0.3) is 0 Å². The number of aliphatic hydroxyl groups is 1. The molecule has 1 aromatic rings. The highest BCUT2D eigenvalue weighted by Crippen LogP contribution is 2.68. The predicted octanol–water partition coefficient (Wildman–Crippen LogP) is 12.2. The summed E-state index contributed by atoms with van der Waals surface area (Å²) in [5, 5.41) is 12.6. The molecule has 0 amide bonds. The van der Waals surface area contributed by atoms with Crippen molar-refractivity contribution in [1.29, 1.82) is 0 Å². The van der Waals surface area contributed by atoms with Gasteiger partial charge in [0.05, 0.1) is 11.9 Å². The van der Waals surface area contributed by atoms with Gasteiger partial charge in [-0.1, -0.05) is 116 Å². The van der Waals surface area contributed by atoms with Crippen LogP contribution in [0.4, 0.5) is 0 Å². The summed E-state index contributed by atoms with van der Waals surface area (Å²) in [6, 6.07) is 8.77. The molecule has 0 heterocycles. The van der Waals surface area contributed by atoms with Crippen molar-refractivity contribution in [3.63, 3.8) is 0 Å². The number of unbranched alkanes of at least 4 members (excludes halogenated alkanes) is 1. The molecule has 0 radical (unpaired) electrons. The highest BCUT2D eigenvalue weighted by atomic mass is 16.5. The number of aryl methyl sites for hydroxylation is 1. The first-order valence-electron chi connectivity index (χ1n) is 22.1. The molecular formula is C50H77NO3. The number of nitrogens with zero attached hydrogens (tertiary/aromatic N) is 1. The topological polar surface area (TPSA) is 49.8 Å². The molecule has 0 spiro atoms. The summed E-state index contributed by atoms with van der Waals surface area (Å²) in [6.07, 6.45) is 19.3. The molecule has 54 heavy (non-hydrogen) atoms. The van der Waals surface area contributed by atoms with Crippen molar-refractivity contribution >= 4 is 5.78 Å². The third-order valence-electron chi connectivity index (χ3n) is 16.3. The van der Waals surface area contributed by atoms with Gasteiger partial charge in [0, 0.05) is 42.2 Å². The number of benzene rings is 1. The SMILES string of the molecule is C=CC1(C)C=C(OC2CCC3(C)C4CCC(CCCC)C5=C(C(C)C)C(=O)CC5([C@H](O)CN(C)Cc5ccc(C)cc5)CCCC4(C)CCC3C2(C)C)C1. The van der Waals surface area contributed by atoms with Crippen LogP contribution in [0, 0.1) is 57.7 Å². The van der Waals surface area contributed by atoms with Crippen molar-refractivity contribution in [2.45, 2.75) is 171 Å². The Morgan fingerprint density at radius 1 is 0.963 bits per heavy atom. The lowest BCUT2D eigenvalue weighted by Gasteiger charge is -2.65. The van der Waals surface area contributed by atoms with Crippen LogP contribution in [-0.2, 0) is 16.1 Å². The molecule has 9 atom stereocenters. The smallest absolute Gasteiger partial charge is 0.160 e. The zero-order chi connectivity index (χ0) is 39.3. The Labute approximate surface area is 330 Å². The Morgan fingerprint density at radius 2 is 1.67 bits per heavy atom. The maximum absolute atomic E-state index is 14.3. The van der Waals surface area contributed by atoms with Gasteiger partial charge in [0.25, 0.3) is 0 Å². The van der Waals surface area contributed by atoms with E-state index in [1.165, 1.54) is 61.0 Å². The molecule has 1 aromatic carbocycles. The Balaban J connectivity index is 1.31. The van der Waals surface area contributed by atoms with E-state index in [0.29, 0.717) is 36.5 Å². The van der Waals surface area contributed by atoms with E-state index in [1.807, 2.05) is 0 Å². The van der Waals surface area contributed by atoms with Crippen molar-refractivity contribution in [3.05, 3.63) is 71.0 Å². The van der Waals surface area contributed by atoms with Gasteiger partial charge in [0.1, 0.15) is 6.10 Å². The van der Waals surface area contributed by atoms with E-state index in [0.717, 1.165) is 57.1 Å². The molecular weight excluding hydrogens is 663 g/mol. The summed E-state index contributed by atoms with van der Waals surface area (Å²) in [7, 11) is 2.14. The van der Waals surface area contributed by atoms with Crippen molar-refractivity contribution in [1.82, 2.24) is 4.90 Å². The molecule has 6 rings (SSSR count). The second-order valence-corrected chi connectivity index (χ2v) is 21.0. The summed E-state index contributed by atoms with van der Waals surface area (Å²) in [6.45, 7) is 26.9. The van der Waals surface area contributed by atoms with Crippen LogP contribution >= 0.6 is 0 Å². The highest BCUT2D eigenvalue weighted by Gasteiger charge is 2.62.